The van der Waals surface area contributed by atoms with Gasteiger partial charge >= 0.3 is 5.97 Å². The highest BCUT2D eigenvalue weighted by molar-refractivity contribution is 5.69. The fraction of sp³-hybridized carbons (Fsp3) is 0.533. The van der Waals surface area contributed by atoms with E-state index in [1.54, 1.807) is 0 Å². The largest absolute Gasteiger partial charge is 0.469 e. The maximum Gasteiger partial charge on any atom is 0.305 e. The van der Waals surface area contributed by atoms with Crippen molar-refractivity contribution in [3.8, 4) is 0 Å². The van der Waals surface area contributed by atoms with Crippen LogP contribution in [0.4, 0.5) is 0 Å². The molecule has 0 saturated carbocycles. The van der Waals surface area contributed by atoms with E-state index in [4.69, 9.17) is 0 Å². The van der Waals surface area contributed by atoms with E-state index in [9.17, 15) is 4.79 Å². The van der Waals surface area contributed by atoms with Crippen LogP contribution in [0.15, 0.2) is 24.3 Å². The minimum atomic E-state index is -0.148. The molecule has 0 bridgehead atoms. The van der Waals surface area contributed by atoms with Gasteiger partial charge in [0.25, 0.3) is 0 Å². The van der Waals surface area contributed by atoms with E-state index in [-0.39, 0.29) is 5.97 Å². The average molecular weight is 234 g/mol. The van der Waals surface area contributed by atoms with E-state index in [0.717, 1.165) is 6.42 Å². The highest BCUT2D eigenvalue weighted by Gasteiger charge is 2.09. The van der Waals surface area contributed by atoms with Crippen molar-refractivity contribution in [2.45, 2.75) is 39.5 Å². The van der Waals surface area contributed by atoms with Crippen LogP contribution in [0, 0.1) is 5.92 Å². The molecule has 17 heavy (non-hydrogen) atoms. The van der Waals surface area contributed by atoms with Gasteiger partial charge in [-0.15, -0.1) is 0 Å². The Hall–Kier alpha value is -1.31. The van der Waals surface area contributed by atoms with Gasteiger partial charge in [-0.3, -0.25) is 4.79 Å². The number of hydrogen-bond acceptors (Lipinski definition) is 2. The number of rotatable bonds is 5. The van der Waals surface area contributed by atoms with Crippen LogP contribution >= 0.6 is 0 Å². The van der Waals surface area contributed by atoms with Crippen LogP contribution in [-0.4, -0.2) is 13.1 Å². The summed E-state index contributed by atoms with van der Waals surface area (Å²) < 4.78 is 4.63. The molecule has 1 atom stereocenters. The van der Waals surface area contributed by atoms with Gasteiger partial charge < -0.3 is 4.74 Å². The number of carbonyl (C=O) groups is 1. The van der Waals surface area contributed by atoms with Crippen LogP contribution in [0.5, 0.6) is 0 Å². The molecule has 0 N–H and O–H groups in total. The zero-order valence-corrected chi connectivity index (χ0v) is 11.2. The standard InChI is InChI=1S/C15H22O2/c1-11(2)12(3)14-8-5-13(6-9-14)7-10-15(16)17-4/h5-6,8-9,11-12H,7,10H2,1-4H3/t12-/m1/s1. The lowest BCUT2D eigenvalue weighted by Crippen LogP contribution is -2.03. The molecule has 0 amide bonds. The van der Waals surface area contributed by atoms with Crippen molar-refractivity contribution in [3.63, 3.8) is 0 Å². The normalized spacial score (nSPS) is 12.5. The Balaban J connectivity index is 2.59. The van der Waals surface area contributed by atoms with Crippen molar-refractivity contribution >= 4 is 5.97 Å². The number of carbonyl (C=O) groups excluding carboxylic acids is 1. The smallest absolute Gasteiger partial charge is 0.305 e. The van der Waals surface area contributed by atoms with Crippen LogP contribution in [0.25, 0.3) is 0 Å². The predicted molar refractivity (Wildman–Crippen MR) is 70.0 cm³/mol. The van der Waals surface area contributed by atoms with Gasteiger partial charge in [0.05, 0.1) is 7.11 Å². The van der Waals surface area contributed by atoms with E-state index in [2.05, 4.69) is 49.8 Å². The number of ether oxygens (including phenoxy) is 1. The van der Waals surface area contributed by atoms with Crippen molar-refractivity contribution in [3.05, 3.63) is 35.4 Å². The Morgan fingerprint density at radius 2 is 1.76 bits per heavy atom. The molecule has 0 aliphatic heterocycles. The molecule has 0 aliphatic rings. The van der Waals surface area contributed by atoms with Crippen molar-refractivity contribution in [2.75, 3.05) is 7.11 Å². The summed E-state index contributed by atoms with van der Waals surface area (Å²) in [7, 11) is 1.43. The number of hydrogen-bond donors (Lipinski definition) is 0. The molecule has 0 fully saturated rings. The third-order valence-corrected chi connectivity index (χ3v) is 3.35. The lowest BCUT2D eigenvalue weighted by Gasteiger charge is -2.16. The Bertz CT molecular complexity index is 352. The average Bonchev–Trinajstić information content (AvgIpc) is 2.35. The summed E-state index contributed by atoms with van der Waals surface area (Å²) in [6.07, 6.45) is 1.21. The van der Waals surface area contributed by atoms with Crippen LogP contribution in [0.3, 0.4) is 0 Å². The van der Waals surface area contributed by atoms with E-state index < -0.39 is 0 Å². The number of esters is 1. The Kier molecular flexibility index (Phi) is 5.20. The first-order valence-corrected chi connectivity index (χ1v) is 6.20. The molecule has 2 nitrogen and oxygen atoms in total. The Morgan fingerprint density at radius 1 is 1.18 bits per heavy atom. The molecule has 0 aliphatic carbocycles. The van der Waals surface area contributed by atoms with Crippen LogP contribution in [0.2, 0.25) is 0 Å². The maximum absolute atomic E-state index is 11.0. The lowest BCUT2D eigenvalue weighted by atomic mass is 9.89. The number of benzene rings is 1. The summed E-state index contributed by atoms with van der Waals surface area (Å²) in [5.41, 5.74) is 2.55. The maximum atomic E-state index is 11.0. The second-order valence-electron chi connectivity index (χ2n) is 4.85. The number of aryl methyl sites for hydroxylation is 1. The third kappa shape index (κ3) is 4.22. The molecular formula is C15H22O2. The van der Waals surface area contributed by atoms with Gasteiger partial charge in [-0.1, -0.05) is 45.0 Å². The van der Waals surface area contributed by atoms with E-state index >= 15 is 0 Å². The summed E-state index contributed by atoms with van der Waals surface area (Å²) in [5.74, 6) is 1.07. The van der Waals surface area contributed by atoms with Gasteiger partial charge in [-0.2, -0.15) is 0 Å². The highest BCUT2D eigenvalue weighted by atomic mass is 16.5. The van der Waals surface area contributed by atoms with Crippen molar-refractivity contribution in [1.82, 2.24) is 0 Å². The molecule has 0 saturated heterocycles. The first kappa shape index (κ1) is 13.8. The van der Waals surface area contributed by atoms with E-state index in [1.807, 2.05) is 0 Å². The molecule has 2 heteroatoms. The van der Waals surface area contributed by atoms with Crippen molar-refractivity contribution < 1.29 is 9.53 Å². The van der Waals surface area contributed by atoms with Gasteiger partial charge in [-0.05, 0) is 29.4 Å². The fourth-order valence-electron chi connectivity index (χ4n) is 1.72. The molecule has 0 heterocycles. The monoisotopic (exact) mass is 234 g/mol. The molecule has 0 radical (unpaired) electrons. The quantitative estimate of drug-likeness (QED) is 0.728. The summed E-state index contributed by atoms with van der Waals surface area (Å²) in [5, 5.41) is 0. The zero-order chi connectivity index (χ0) is 12.8. The summed E-state index contributed by atoms with van der Waals surface area (Å²) >= 11 is 0. The summed E-state index contributed by atoms with van der Waals surface area (Å²) in [6.45, 7) is 6.71. The lowest BCUT2D eigenvalue weighted by molar-refractivity contribution is -0.140. The second kappa shape index (κ2) is 6.43. The highest BCUT2D eigenvalue weighted by Crippen LogP contribution is 2.23. The molecule has 1 aromatic carbocycles. The molecule has 0 aromatic heterocycles. The zero-order valence-electron chi connectivity index (χ0n) is 11.2. The Morgan fingerprint density at radius 3 is 2.24 bits per heavy atom. The van der Waals surface area contributed by atoms with Crippen molar-refractivity contribution in [2.24, 2.45) is 5.92 Å². The minimum absolute atomic E-state index is 0.148. The van der Waals surface area contributed by atoms with E-state index in [0.29, 0.717) is 18.3 Å². The first-order chi connectivity index (χ1) is 8.04. The molecule has 1 aromatic rings. The topological polar surface area (TPSA) is 26.3 Å². The molecule has 0 spiro atoms. The van der Waals surface area contributed by atoms with E-state index in [1.165, 1.54) is 18.2 Å². The molecule has 0 unspecified atom stereocenters. The second-order valence-corrected chi connectivity index (χ2v) is 4.85. The van der Waals surface area contributed by atoms with Crippen molar-refractivity contribution in [1.29, 1.82) is 0 Å². The molecular weight excluding hydrogens is 212 g/mol. The van der Waals surface area contributed by atoms with Gasteiger partial charge in [0.1, 0.15) is 0 Å². The van der Waals surface area contributed by atoms with Gasteiger partial charge in [-0.25, -0.2) is 0 Å². The van der Waals surface area contributed by atoms with Crippen LogP contribution in [0.1, 0.15) is 44.2 Å². The van der Waals surface area contributed by atoms with Crippen LogP contribution < -0.4 is 0 Å². The Labute approximate surface area is 104 Å². The van der Waals surface area contributed by atoms with Gasteiger partial charge in [0, 0.05) is 6.42 Å². The summed E-state index contributed by atoms with van der Waals surface area (Å²) in [6, 6.07) is 8.54. The molecule has 94 valence electrons. The van der Waals surface area contributed by atoms with Gasteiger partial charge in [0.15, 0.2) is 0 Å². The third-order valence-electron chi connectivity index (χ3n) is 3.35. The SMILES string of the molecule is COC(=O)CCc1ccc([C@H](C)C(C)C)cc1. The predicted octanol–water partition coefficient (Wildman–Crippen LogP) is 3.55. The van der Waals surface area contributed by atoms with Crippen LogP contribution in [-0.2, 0) is 16.0 Å². The first-order valence-electron chi connectivity index (χ1n) is 6.20. The number of methoxy groups -OCH3 is 1. The summed E-state index contributed by atoms with van der Waals surface area (Å²) in [4.78, 5) is 11.0. The minimum Gasteiger partial charge on any atom is -0.469 e. The fourth-order valence-corrected chi connectivity index (χ4v) is 1.72. The van der Waals surface area contributed by atoms with Gasteiger partial charge in [0.2, 0.25) is 0 Å². The molecule has 1 rings (SSSR count).